The normalized spacial score (nSPS) is 10.2. The molecule has 0 saturated carbocycles. The minimum atomic E-state index is -0.706. The second-order valence-corrected chi connectivity index (χ2v) is 4.02. The number of benzene rings is 2. The van der Waals surface area contributed by atoms with Crippen molar-refractivity contribution in [2.24, 2.45) is 0 Å². The Bertz CT molecular complexity index is 584. The highest BCUT2D eigenvalue weighted by Crippen LogP contribution is 2.16. The van der Waals surface area contributed by atoms with Crippen LogP contribution in [0.4, 0.5) is 14.5 Å². The van der Waals surface area contributed by atoms with E-state index >= 15 is 0 Å². The van der Waals surface area contributed by atoms with E-state index in [9.17, 15) is 13.6 Å². The maximum Gasteiger partial charge on any atom is 0.258 e. The molecule has 0 spiro atoms. The molecule has 0 heterocycles. The van der Waals surface area contributed by atoms with Gasteiger partial charge < -0.3 is 5.32 Å². The Morgan fingerprint density at radius 2 is 1.72 bits per heavy atom. The first-order chi connectivity index (χ1) is 8.56. The van der Waals surface area contributed by atoms with Crippen LogP contribution in [0, 0.1) is 11.6 Å². The van der Waals surface area contributed by atoms with Crippen molar-refractivity contribution in [3.8, 4) is 0 Å². The first-order valence-corrected chi connectivity index (χ1v) is 5.46. The largest absolute Gasteiger partial charge is 0.322 e. The van der Waals surface area contributed by atoms with E-state index in [0.29, 0.717) is 5.69 Å². The standard InChI is InChI=1S/C13H8ClF2NO/c14-8-1-6-11(12(16)7-8)13(18)17-10-4-2-9(15)3-5-10/h1-7H,(H,17,18). The molecule has 2 aromatic rings. The van der Waals surface area contributed by atoms with Gasteiger partial charge in [0.15, 0.2) is 0 Å². The Morgan fingerprint density at radius 1 is 1.06 bits per heavy atom. The summed E-state index contributed by atoms with van der Waals surface area (Å²) in [4.78, 5) is 11.7. The van der Waals surface area contributed by atoms with Gasteiger partial charge in [0.2, 0.25) is 0 Å². The summed E-state index contributed by atoms with van der Waals surface area (Å²) in [6.45, 7) is 0. The van der Waals surface area contributed by atoms with Crippen molar-refractivity contribution in [3.05, 3.63) is 64.7 Å². The third kappa shape index (κ3) is 2.84. The first kappa shape index (κ1) is 12.5. The predicted molar refractivity (Wildman–Crippen MR) is 65.8 cm³/mol. The number of rotatable bonds is 2. The number of carbonyl (C=O) groups is 1. The molecule has 0 aliphatic heterocycles. The highest BCUT2D eigenvalue weighted by Gasteiger charge is 2.12. The van der Waals surface area contributed by atoms with Crippen molar-refractivity contribution in [2.45, 2.75) is 0 Å². The van der Waals surface area contributed by atoms with Gasteiger partial charge in [-0.3, -0.25) is 4.79 Å². The van der Waals surface area contributed by atoms with E-state index in [1.807, 2.05) is 0 Å². The predicted octanol–water partition coefficient (Wildman–Crippen LogP) is 3.87. The lowest BCUT2D eigenvalue weighted by Crippen LogP contribution is -2.13. The molecule has 1 N–H and O–H groups in total. The summed E-state index contributed by atoms with van der Waals surface area (Å²) in [5, 5.41) is 2.67. The number of hydrogen-bond acceptors (Lipinski definition) is 1. The molecule has 0 fully saturated rings. The monoisotopic (exact) mass is 267 g/mol. The number of halogens is 3. The molecule has 0 radical (unpaired) electrons. The average Bonchev–Trinajstić information content (AvgIpc) is 2.32. The molecule has 0 saturated heterocycles. The van der Waals surface area contributed by atoms with E-state index in [0.717, 1.165) is 6.07 Å². The lowest BCUT2D eigenvalue weighted by molar-refractivity contribution is 0.102. The van der Waals surface area contributed by atoms with Gasteiger partial charge in [0.1, 0.15) is 11.6 Å². The van der Waals surface area contributed by atoms with Crippen LogP contribution in [0.2, 0.25) is 5.02 Å². The number of carbonyl (C=O) groups excluding carboxylic acids is 1. The quantitative estimate of drug-likeness (QED) is 0.879. The maximum absolute atomic E-state index is 13.5. The summed E-state index contributed by atoms with van der Waals surface area (Å²) in [5.41, 5.74) is 0.263. The van der Waals surface area contributed by atoms with E-state index in [-0.39, 0.29) is 10.6 Å². The maximum atomic E-state index is 13.5. The summed E-state index contributed by atoms with van der Waals surface area (Å²) in [6, 6.07) is 8.95. The Hall–Kier alpha value is -1.94. The van der Waals surface area contributed by atoms with Crippen molar-refractivity contribution in [1.82, 2.24) is 0 Å². The van der Waals surface area contributed by atoms with Crippen molar-refractivity contribution in [3.63, 3.8) is 0 Å². The third-order valence-electron chi connectivity index (χ3n) is 2.28. The van der Waals surface area contributed by atoms with Crippen LogP contribution in [0.5, 0.6) is 0 Å². The minimum Gasteiger partial charge on any atom is -0.322 e. The molecule has 0 unspecified atom stereocenters. The van der Waals surface area contributed by atoms with E-state index in [2.05, 4.69) is 5.32 Å². The van der Waals surface area contributed by atoms with Crippen LogP contribution < -0.4 is 5.32 Å². The molecule has 92 valence electrons. The number of anilines is 1. The Labute approximate surface area is 107 Å². The highest BCUT2D eigenvalue weighted by molar-refractivity contribution is 6.30. The minimum absolute atomic E-state index is 0.122. The molecule has 0 atom stereocenters. The number of amides is 1. The van der Waals surface area contributed by atoms with Crippen LogP contribution in [0.25, 0.3) is 0 Å². The third-order valence-corrected chi connectivity index (χ3v) is 2.51. The van der Waals surface area contributed by atoms with Crippen LogP contribution in [-0.4, -0.2) is 5.91 Å². The van der Waals surface area contributed by atoms with Gasteiger partial charge in [0, 0.05) is 10.7 Å². The molecule has 5 heteroatoms. The van der Waals surface area contributed by atoms with Crippen LogP contribution in [0.1, 0.15) is 10.4 Å². The van der Waals surface area contributed by atoms with Crippen LogP contribution in [0.3, 0.4) is 0 Å². The van der Waals surface area contributed by atoms with Gasteiger partial charge in [-0.05, 0) is 42.5 Å². The second kappa shape index (κ2) is 5.14. The molecule has 2 aromatic carbocycles. The summed E-state index contributed by atoms with van der Waals surface area (Å²) < 4.78 is 26.1. The van der Waals surface area contributed by atoms with Gasteiger partial charge in [-0.1, -0.05) is 11.6 Å². The Kier molecular flexibility index (Phi) is 3.58. The average molecular weight is 268 g/mol. The van der Waals surface area contributed by atoms with Crippen LogP contribution in [-0.2, 0) is 0 Å². The van der Waals surface area contributed by atoms with E-state index in [4.69, 9.17) is 11.6 Å². The van der Waals surface area contributed by atoms with Gasteiger partial charge in [0.25, 0.3) is 5.91 Å². The van der Waals surface area contributed by atoms with Crippen molar-refractivity contribution in [2.75, 3.05) is 5.32 Å². The SMILES string of the molecule is O=C(Nc1ccc(F)cc1)c1ccc(Cl)cc1F. The molecule has 0 bridgehead atoms. The van der Waals surface area contributed by atoms with Gasteiger partial charge in [0.05, 0.1) is 5.56 Å². The zero-order valence-electron chi connectivity index (χ0n) is 9.08. The van der Waals surface area contributed by atoms with Crippen molar-refractivity contribution >= 4 is 23.2 Å². The fourth-order valence-corrected chi connectivity index (χ4v) is 1.56. The molecule has 0 aliphatic rings. The van der Waals surface area contributed by atoms with Crippen LogP contribution in [0.15, 0.2) is 42.5 Å². The van der Waals surface area contributed by atoms with E-state index in [1.54, 1.807) is 0 Å². The smallest absolute Gasteiger partial charge is 0.258 e. The number of hydrogen-bond donors (Lipinski definition) is 1. The van der Waals surface area contributed by atoms with Crippen molar-refractivity contribution < 1.29 is 13.6 Å². The molecule has 2 nitrogen and oxygen atoms in total. The summed E-state index contributed by atoms with van der Waals surface area (Å²) >= 11 is 5.59. The fraction of sp³-hybridized carbons (Fsp3) is 0. The fourth-order valence-electron chi connectivity index (χ4n) is 1.41. The molecule has 1 amide bonds. The molecule has 2 rings (SSSR count). The van der Waals surface area contributed by atoms with E-state index in [1.165, 1.54) is 36.4 Å². The van der Waals surface area contributed by atoms with Gasteiger partial charge in [-0.15, -0.1) is 0 Å². The van der Waals surface area contributed by atoms with Gasteiger partial charge in [-0.25, -0.2) is 8.78 Å². The van der Waals surface area contributed by atoms with Crippen molar-refractivity contribution in [1.29, 1.82) is 0 Å². The Balaban J connectivity index is 2.19. The summed E-state index contributed by atoms with van der Waals surface area (Å²) in [6.07, 6.45) is 0. The molecule has 18 heavy (non-hydrogen) atoms. The van der Waals surface area contributed by atoms with Gasteiger partial charge in [-0.2, -0.15) is 0 Å². The topological polar surface area (TPSA) is 29.1 Å². The number of nitrogens with one attached hydrogen (secondary N) is 1. The molecule has 0 aromatic heterocycles. The zero-order chi connectivity index (χ0) is 13.1. The van der Waals surface area contributed by atoms with E-state index < -0.39 is 17.5 Å². The lowest BCUT2D eigenvalue weighted by atomic mass is 10.2. The molecular weight excluding hydrogens is 260 g/mol. The first-order valence-electron chi connectivity index (χ1n) is 5.08. The lowest BCUT2D eigenvalue weighted by Gasteiger charge is -2.06. The Morgan fingerprint density at radius 3 is 2.33 bits per heavy atom. The summed E-state index contributed by atoms with van der Waals surface area (Å²) in [5.74, 6) is -1.73. The summed E-state index contributed by atoms with van der Waals surface area (Å²) in [7, 11) is 0. The van der Waals surface area contributed by atoms with Gasteiger partial charge >= 0.3 is 0 Å². The molecular formula is C13H8ClF2NO. The second-order valence-electron chi connectivity index (χ2n) is 3.59. The highest BCUT2D eigenvalue weighted by atomic mass is 35.5. The molecule has 0 aliphatic carbocycles. The zero-order valence-corrected chi connectivity index (χ0v) is 9.84. The van der Waals surface area contributed by atoms with Crippen LogP contribution >= 0.6 is 11.6 Å².